The van der Waals surface area contributed by atoms with Crippen LogP contribution in [0.1, 0.15) is 42.6 Å². The molecular weight excluding hydrogens is 324 g/mol. The van der Waals surface area contributed by atoms with E-state index in [4.69, 9.17) is 4.98 Å². The van der Waals surface area contributed by atoms with Gasteiger partial charge in [-0.15, -0.1) is 11.3 Å². The van der Waals surface area contributed by atoms with E-state index in [1.807, 2.05) is 6.92 Å². The van der Waals surface area contributed by atoms with Gasteiger partial charge in [-0.3, -0.25) is 9.59 Å². The number of thiophene rings is 1. The van der Waals surface area contributed by atoms with Crippen LogP contribution in [0.25, 0.3) is 10.2 Å². The highest BCUT2D eigenvalue weighted by molar-refractivity contribution is 7.18. The van der Waals surface area contributed by atoms with Crippen LogP contribution in [0.2, 0.25) is 0 Å². The van der Waals surface area contributed by atoms with Crippen LogP contribution in [0, 0.1) is 5.92 Å². The Balaban J connectivity index is 1.73. The van der Waals surface area contributed by atoms with Crippen molar-refractivity contribution in [1.82, 2.24) is 15.3 Å². The Hall–Kier alpha value is -1.73. The van der Waals surface area contributed by atoms with E-state index in [1.54, 1.807) is 11.3 Å². The molecule has 6 nitrogen and oxygen atoms in total. The molecule has 1 aliphatic carbocycles. The molecule has 1 amide bonds. The number of H-pyrrole nitrogens is 1. The Kier molecular flexibility index (Phi) is 3.92. The van der Waals surface area contributed by atoms with Crippen molar-refractivity contribution in [2.75, 3.05) is 19.6 Å². The van der Waals surface area contributed by atoms with Gasteiger partial charge < -0.3 is 15.2 Å². The summed E-state index contributed by atoms with van der Waals surface area (Å²) in [6, 6.07) is 0.00574. The summed E-state index contributed by atoms with van der Waals surface area (Å²) in [4.78, 5) is 35.4. The molecule has 3 N–H and O–H groups in total. The first kappa shape index (κ1) is 15.8. The molecule has 24 heavy (non-hydrogen) atoms. The number of nitrogens with zero attached hydrogens (tertiary/aromatic N) is 1. The topological polar surface area (TPSA) is 79.3 Å². The summed E-state index contributed by atoms with van der Waals surface area (Å²) < 4.78 is 0. The van der Waals surface area contributed by atoms with Gasteiger partial charge in [-0.05, 0) is 37.7 Å². The van der Waals surface area contributed by atoms with Gasteiger partial charge in [0.05, 0.1) is 18.5 Å². The van der Waals surface area contributed by atoms with Gasteiger partial charge in [0.25, 0.3) is 11.5 Å². The van der Waals surface area contributed by atoms with Crippen LogP contribution >= 0.6 is 11.3 Å². The Morgan fingerprint density at radius 3 is 3.00 bits per heavy atom. The van der Waals surface area contributed by atoms with Gasteiger partial charge in [-0.1, -0.05) is 6.92 Å². The number of carbonyl (C=O) groups excluding carboxylic acids is 1. The Morgan fingerprint density at radius 2 is 2.21 bits per heavy atom. The number of hydrogen-bond acceptors (Lipinski definition) is 4. The van der Waals surface area contributed by atoms with Gasteiger partial charge >= 0.3 is 0 Å². The molecule has 2 aromatic rings. The number of quaternary nitrogens is 1. The second kappa shape index (κ2) is 5.97. The maximum atomic E-state index is 12.7. The zero-order valence-electron chi connectivity index (χ0n) is 14.1. The van der Waals surface area contributed by atoms with Crippen molar-refractivity contribution in [2.45, 2.75) is 39.2 Å². The third-order valence-electron chi connectivity index (χ3n) is 5.36. The third kappa shape index (κ3) is 2.65. The fourth-order valence-corrected chi connectivity index (χ4v) is 5.24. The predicted molar refractivity (Wildman–Crippen MR) is 93.6 cm³/mol. The second-order valence-corrected chi connectivity index (χ2v) is 8.22. The van der Waals surface area contributed by atoms with Gasteiger partial charge in [-0.25, -0.2) is 4.98 Å². The highest BCUT2D eigenvalue weighted by atomic mass is 32.1. The van der Waals surface area contributed by atoms with Crippen molar-refractivity contribution in [3.8, 4) is 0 Å². The van der Waals surface area contributed by atoms with Crippen LogP contribution < -0.4 is 15.8 Å². The van der Waals surface area contributed by atoms with Gasteiger partial charge in [0.1, 0.15) is 10.9 Å². The molecule has 128 valence electrons. The first-order chi connectivity index (χ1) is 11.5. The molecule has 1 unspecified atom stereocenters. The van der Waals surface area contributed by atoms with Gasteiger partial charge in [0.15, 0.2) is 12.4 Å². The second-order valence-electron chi connectivity index (χ2n) is 7.14. The number of nitrogens with one attached hydrogen (secondary N) is 3. The maximum Gasteiger partial charge on any atom is 0.275 e. The number of hydrogen-bond donors (Lipinski definition) is 3. The Labute approximate surface area is 144 Å². The highest BCUT2D eigenvalue weighted by Crippen LogP contribution is 2.35. The molecule has 3 heterocycles. The quantitative estimate of drug-likeness (QED) is 0.725. The highest BCUT2D eigenvalue weighted by Gasteiger charge is 2.29. The molecule has 0 spiro atoms. The molecule has 1 saturated heterocycles. The smallest absolute Gasteiger partial charge is 0.275 e. The summed E-state index contributed by atoms with van der Waals surface area (Å²) >= 11 is 1.68. The summed E-state index contributed by atoms with van der Waals surface area (Å²) in [5.74, 6) is 1.44. The average molecular weight is 347 g/mol. The summed E-state index contributed by atoms with van der Waals surface area (Å²) in [5.41, 5.74) is 1.19. The summed E-state index contributed by atoms with van der Waals surface area (Å²) in [5, 5.41) is 3.64. The van der Waals surface area contributed by atoms with E-state index in [-0.39, 0.29) is 17.5 Å². The lowest BCUT2D eigenvalue weighted by Crippen LogP contribution is -3.15. The van der Waals surface area contributed by atoms with Crippen molar-refractivity contribution in [1.29, 1.82) is 0 Å². The zero-order valence-corrected chi connectivity index (χ0v) is 14.9. The van der Waals surface area contributed by atoms with Crippen molar-refractivity contribution in [3.05, 3.63) is 26.6 Å². The van der Waals surface area contributed by atoms with Gasteiger partial charge in [-0.2, -0.15) is 0 Å². The molecule has 2 aliphatic rings. The minimum Gasteiger partial charge on any atom is -0.346 e. The molecule has 7 heteroatoms. The number of amides is 1. The lowest BCUT2D eigenvalue weighted by atomic mass is 9.89. The first-order valence-corrected chi connectivity index (χ1v) is 9.50. The molecule has 0 saturated carbocycles. The SMILES string of the molecule is C[C@H]1CCc2c(sc3nc([C@H](C)[NH+]4CCNC(=O)C4)[nH]c(=O)c23)C1. The van der Waals surface area contributed by atoms with Crippen molar-refractivity contribution in [2.24, 2.45) is 5.92 Å². The van der Waals surface area contributed by atoms with Crippen LogP contribution in [-0.4, -0.2) is 35.5 Å². The largest absolute Gasteiger partial charge is 0.346 e. The Bertz CT molecular complexity index is 856. The van der Waals surface area contributed by atoms with E-state index in [0.29, 0.717) is 24.8 Å². The average Bonchev–Trinajstić information content (AvgIpc) is 2.91. The van der Waals surface area contributed by atoms with Gasteiger partial charge in [0, 0.05) is 4.88 Å². The van der Waals surface area contributed by atoms with Crippen LogP contribution in [0.3, 0.4) is 0 Å². The summed E-state index contributed by atoms with van der Waals surface area (Å²) in [7, 11) is 0. The number of aromatic nitrogens is 2. The molecule has 1 aliphatic heterocycles. The van der Waals surface area contributed by atoms with E-state index in [1.165, 1.54) is 10.4 Å². The Morgan fingerprint density at radius 1 is 1.38 bits per heavy atom. The van der Waals surface area contributed by atoms with Crippen molar-refractivity contribution < 1.29 is 9.69 Å². The molecule has 0 aromatic carbocycles. The number of fused-ring (bicyclic) bond motifs is 3. The van der Waals surface area contributed by atoms with E-state index in [9.17, 15) is 9.59 Å². The van der Waals surface area contributed by atoms with Crippen molar-refractivity contribution >= 4 is 27.5 Å². The van der Waals surface area contributed by atoms with E-state index < -0.39 is 0 Å². The number of piperazine rings is 1. The van der Waals surface area contributed by atoms with Crippen LogP contribution in [0.5, 0.6) is 0 Å². The molecule has 2 aromatic heterocycles. The number of rotatable bonds is 2. The molecule has 0 bridgehead atoms. The van der Waals surface area contributed by atoms with E-state index in [0.717, 1.165) is 40.9 Å². The fraction of sp³-hybridized carbons (Fsp3) is 0.588. The van der Waals surface area contributed by atoms with Crippen LogP contribution in [-0.2, 0) is 17.6 Å². The van der Waals surface area contributed by atoms with E-state index >= 15 is 0 Å². The number of aromatic amines is 1. The molecular formula is C17H23N4O2S+. The summed E-state index contributed by atoms with van der Waals surface area (Å²) in [6.45, 7) is 6.27. The van der Waals surface area contributed by atoms with E-state index in [2.05, 4.69) is 17.2 Å². The molecule has 3 atom stereocenters. The fourth-order valence-electron chi connectivity index (χ4n) is 3.85. The molecule has 4 rings (SSSR count). The lowest BCUT2D eigenvalue weighted by Gasteiger charge is -2.28. The zero-order chi connectivity index (χ0) is 16.8. The first-order valence-electron chi connectivity index (χ1n) is 8.68. The number of carbonyl (C=O) groups is 1. The summed E-state index contributed by atoms with van der Waals surface area (Å²) in [6.07, 6.45) is 3.18. The lowest BCUT2D eigenvalue weighted by molar-refractivity contribution is -0.924. The van der Waals surface area contributed by atoms with Crippen LogP contribution in [0.4, 0.5) is 0 Å². The normalized spacial score (nSPS) is 25.3. The minimum atomic E-state index is -0.0187. The molecule has 1 fully saturated rings. The van der Waals surface area contributed by atoms with Crippen LogP contribution in [0.15, 0.2) is 4.79 Å². The van der Waals surface area contributed by atoms with Gasteiger partial charge in [0.2, 0.25) is 0 Å². The number of aryl methyl sites for hydroxylation is 1. The predicted octanol–water partition coefficient (Wildman–Crippen LogP) is 0.185. The monoisotopic (exact) mass is 347 g/mol. The third-order valence-corrected chi connectivity index (χ3v) is 6.51. The minimum absolute atomic E-state index is 0.00574. The molecule has 0 radical (unpaired) electrons. The standard InChI is InChI=1S/C17H22N4O2S/c1-9-3-4-11-12(7-9)24-17-14(11)16(23)19-15(20-17)10(2)21-6-5-18-13(22)8-21/h9-10H,3-8H2,1-2H3,(H,18,22)(H,19,20,23)/p+1/t9-,10-/m0/s1. The maximum absolute atomic E-state index is 12.7. The van der Waals surface area contributed by atoms with Crippen molar-refractivity contribution in [3.63, 3.8) is 0 Å².